The van der Waals surface area contributed by atoms with Gasteiger partial charge in [-0.05, 0) is 37.5 Å². The minimum atomic E-state index is -0.488. The first-order valence-corrected chi connectivity index (χ1v) is 7.56. The van der Waals surface area contributed by atoms with Crippen LogP contribution in [0.1, 0.15) is 31.4 Å². The van der Waals surface area contributed by atoms with Gasteiger partial charge in [0.15, 0.2) is 0 Å². The highest BCUT2D eigenvalue weighted by molar-refractivity contribution is 6.30. The van der Waals surface area contributed by atoms with Gasteiger partial charge in [0.05, 0.1) is 11.1 Å². The highest BCUT2D eigenvalue weighted by atomic mass is 35.5. The summed E-state index contributed by atoms with van der Waals surface area (Å²) >= 11 is 5.75. The Hall–Kier alpha value is -1.82. The number of likely N-dealkylation sites (tertiary alicyclic amines) is 1. The lowest BCUT2D eigenvalue weighted by Gasteiger charge is -2.31. The van der Waals surface area contributed by atoms with Crippen molar-refractivity contribution in [2.45, 2.75) is 25.8 Å². The minimum absolute atomic E-state index is 0.0286. The van der Waals surface area contributed by atoms with Gasteiger partial charge in [-0.3, -0.25) is 4.79 Å². The summed E-state index contributed by atoms with van der Waals surface area (Å²) < 4.78 is 13.2. The molecule has 1 saturated heterocycles. The largest absolute Gasteiger partial charge is 0.369 e. The van der Waals surface area contributed by atoms with Gasteiger partial charge in [-0.15, -0.1) is 0 Å². The second kappa shape index (κ2) is 6.96. The van der Waals surface area contributed by atoms with Crippen molar-refractivity contribution in [1.29, 1.82) is 0 Å². The van der Waals surface area contributed by atoms with E-state index in [0.717, 1.165) is 5.56 Å². The van der Waals surface area contributed by atoms with Crippen molar-refractivity contribution in [1.82, 2.24) is 10.2 Å². The number of hydrogen-bond acceptors (Lipinski definition) is 2. The molecular weight excluding hydrogens is 309 g/mol. The van der Waals surface area contributed by atoms with Gasteiger partial charge in [0.25, 0.3) is 0 Å². The predicted molar refractivity (Wildman–Crippen MR) is 81.8 cm³/mol. The quantitative estimate of drug-likeness (QED) is 0.894. The Labute approximate surface area is 133 Å². The van der Waals surface area contributed by atoms with Crippen LogP contribution in [0.4, 0.5) is 9.18 Å². The monoisotopic (exact) mass is 327 g/mol. The maximum Gasteiger partial charge on any atom is 0.317 e. The molecule has 1 aromatic carbocycles. The second-order valence-electron chi connectivity index (χ2n) is 5.51. The van der Waals surface area contributed by atoms with Gasteiger partial charge in [0.2, 0.25) is 5.91 Å². The van der Waals surface area contributed by atoms with Crippen LogP contribution in [0, 0.1) is 11.7 Å². The number of carbonyl (C=O) groups is 2. The highest BCUT2D eigenvalue weighted by Gasteiger charge is 2.26. The summed E-state index contributed by atoms with van der Waals surface area (Å²) in [6.07, 6.45) is 1.17. The molecule has 7 heteroatoms. The molecular formula is C15H19ClFN3O2. The maximum atomic E-state index is 13.2. The van der Waals surface area contributed by atoms with Crippen LogP contribution >= 0.6 is 11.6 Å². The lowest BCUT2D eigenvalue weighted by atomic mass is 9.96. The SMILES string of the molecule is C[C@@H](NC(=O)N1CCC(C(N)=O)CC1)c1ccc(F)c(Cl)c1. The minimum Gasteiger partial charge on any atom is -0.369 e. The van der Waals surface area contributed by atoms with Crippen LogP contribution in [0.5, 0.6) is 0 Å². The first-order valence-electron chi connectivity index (χ1n) is 7.18. The Balaban J connectivity index is 1.91. The Morgan fingerprint density at radius 1 is 1.41 bits per heavy atom. The molecule has 1 heterocycles. The Morgan fingerprint density at radius 2 is 2.05 bits per heavy atom. The van der Waals surface area contributed by atoms with E-state index >= 15 is 0 Å². The predicted octanol–water partition coefficient (Wildman–Crippen LogP) is 2.45. The summed E-state index contributed by atoms with van der Waals surface area (Å²) in [5.41, 5.74) is 6.00. The Bertz CT molecular complexity index is 574. The van der Waals surface area contributed by atoms with Crippen LogP contribution in [0.3, 0.4) is 0 Å². The first kappa shape index (κ1) is 16.5. The number of carbonyl (C=O) groups excluding carboxylic acids is 2. The molecule has 1 aromatic rings. The molecule has 0 spiro atoms. The molecule has 1 fully saturated rings. The third-order valence-electron chi connectivity index (χ3n) is 3.97. The molecule has 2 rings (SSSR count). The molecule has 3 amide bonds. The molecule has 0 unspecified atom stereocenters. The van der Waals surface area contributed by atoms with Crippen LogP contribution in [0.2, 0.25) is 5.02 Å². The van der Waals surface area contributed by atoms with Crippen LogP contribution in [-0.2, 0) is 4.79 Å². The molecule has 5 nitrogen and oxygen atoms in total. The summed E-state index contributed by atoms with van der Waals surface area (Å²) in [4.78, 5) is 25.0. The van der Waals surface area contributed by atoms with Crippen molar-refractivity contribution in [2.24, 2.45) is 11.7 Å². The van der Waals surface area contributed by atoms with Crippen molar-refractivity contribution < 1.29 is 14.0 Å². The summed E-state index contributed by atoms with van der Waals surface area (Å²) in [6, 6.07) is 3.86. The molecule has 22 heavy (non-hydrogen) atoms. The third-order valence-corrected chi connectivity index (χ3v) is 4.26. The number of piperidine rings is 1. The van der Waals surface area contributed by atoms with Crippen molar-refractivity contribution in [2.75, 3.05) is 13.1 Å². The standard InChI is InChI=1S/C15H19ClFN3O2/c1-9(11-2-3-13(17)12(16)8-11)19-15(22)20-6-4-10(5-7-20)14(18)21/h2-3,8-10H,4-7H2,1H3,(H2,18,21)(H,19,22)/t9-/m1/s1. The number of nitrogens with two attached hydrogens (primary N) is 1. The fourth-order valence-corrected chi connectivity index (χ4v) is 2.70. The van der Waals surface area contributed by atoms with E-state index in [1.54, 1.807) is 17.9 Å². The lowest BCUT2D eigenvalue weighted by Crippen LogP contribution is -2.46. The van der Waals surface area contributed by atoms with E-state index < -0.39 is 5.82 Å². The molecule has 3 N–H and O–H groups in total. The van der Waals surface area contributed by atoms with Gasteiger partial charge >= 0.3 is 6.03 Å². The zero-order valence-electron chi connectivity index (χ0n) is 12.3. The summed E-state index contributed by atoms with van der Waals surface area (Å²) in [6.45, 7) is 2.80. The van der Waals surface area contributed by atoms with E-state index in [-0.39, 0.29) is 28.9 Å². The first-order chi connectivity index (χ1) is 10.4. The van der Waals surface area contributed by atoms with Gasteiger partial charge in [0, 0.05) is 19.0 Å². The maximum absolute atomic E-state index is 13.2. The number of hydrogen-bond donors (Lipinski definition) is 2. The molecule has 1 aliphatic heterocycles. The molecule has 1 atom stereocenters. The van der Waals surface area contributed by atoms with Crippen molar-refractivity contribution >= 4 is 23.5 Å². The normalized spacial score (nSPS) is 17.1. The Morgan fingerprint density at radius 3 is 2.59 bits per heavy atom. The summed E-state index contributed by atoms with van der Waals surface area (Å²) in [5, 5.41) is 2.87. The average molecular weight is 328 g/mol. The Kier molecular flexibility index (Phi) is 5.24. The van der Waals surface area contributed by atoms with E-state index in [2.05, 4.69) is 5.32 Å². The number of nitrogens with zero attached hydrogens (tertiary/aromatic N) is 1. The molecule has 0 aliphatic carbocycles. The van der Waals surface area contributed by atoms with Crippen molar-refractivity contribution in [3.63, 3.8) is 0 Å². The van der Waals surface area contributed by atoms with E-state index in [9.17, 15) is 14.0 Å². The smallest absolute Gasteiger partial charge is 0.317 e. The molecule has 0 radical (unpaired) electrons. The summed E-state index contributed by atoms with van der Waals surface area (Å²) in [7, 11) is 0. The zero-order valence-corrected chi connectivity index (χ0v) is 13.1. The van der Waals surface area contributed by atoms with Crippen molar-refractivity contribution in [3.8, 4) is 0 Å². The number of primary amides is 1. The second-order valence-corrected chi connectivity index (χ2v) is 5.92. The van der Waals surface area contributed by atoms with Crippen LogP contribution < -0.4 is 11.1 Å². The van der Waals surface area contributed by atoms with Gasteiger partial charge in [-0.1, -0.05) is 17.7 Å². The molecule has 0 bridgehead atoms. The lowest BCUT2D eigenvalue weighted by molar-refractivity contribution is -0.123. The third kappa shape index (κ3) is 3.88. The van der Waals surface area contributed by atoms with Crippen LogP contribution in [0.15, 0.2) is 18.2 Å². The number of benzene rings is 1. The molecule has 0 aromatic heterocycles. The molecule has 1 aliphatic rings. The number of amides is 3. The van der Waals surface area contributed by atoms with Crippen molar-refractivity contribution in [3.05, 3.63) is 34.6 Å². The number of rotatable bonds is 3. The van der Waals surface area contributed by atoms with E-state index in [1.165, 1.54) is 12.1 Å². The molecule has 0 saturated carbocycles. The van der Waals surface area contributed by atoms with Crippen LogP contribution in [0.25, 0.3) is 0 Å². The fourth-order valence-electron chi connectivity index (χ4n) is 2.51. The van der Waals surface area contributed by atoms with E-state index in [0.29, 0.717) is 25.9 Å². The number of halogens is 2. The van der Waals surface area contributed by atoms with Crippen LogP contribution in [-0.4, -0.2) is 29.9 Å². The number of urea groups is 1. The van der Waals surface area contributed by atoms with Gasteiger partial charge in [-0.2, -0.15) is 0 Å². The number of nitrogens with one attached hydrogen (secondary N) is 1. The highest BCUT2D eigenvalue weighted by Crippen LogP contribution is 2.22. The fraction of sp³-hybridized carbons (Fsp3) is 0.467. The van der Waals surface area contributed by atoms with E-state index in [1.807, 2.05) is 0 Å². The molecule has 120 valence electrons. The van der Waals surface area contributed by atoms with E-state index in [4.69, 9.17) is 17.3 Å². The summed E-state index contributed by atoms with van der Waals surface area (Å²) in [5.74, 6) is -0.954. The van der Waals surface area contributed by atoms with Gasteiger partial charge in [-0.25, -0.2) is 9.18 Å². The zero-order chi connectivity index (χ0) is 16.3. The van der Waals surface area contributed by atoms with Gasteiger partial charge < -0.3 is 16.0 Å². The average Bonchev–Trinajstić information content (AvgIpc) is 2.50. The van der Waals surface area contributed by atoms with Gasteiger partial charge in [0.1, 0.15) is 5.82 Å². The topological polar surface area (TPSA) is 75.4 Å².